The van der Waals surface area contributed by atoms with Crippen molar-refractivity contribution in [2.75, 3.05) is 26.2 Å². The van der Waals surface area contributed by atoms with Gasteiger partial charge >= 0.3 is 12.1 Å². The Kier molecular flexibility index (Phi) is 7.51. The Morgan fingerprint density at radius 2 is 1.55 bits per heavy atom. The zero-order valence-corrected chi connectivity index (χ0v) is 16.9. The summed E-state index contributed by atoms with van der Waals surface area (Å²) in [5.74, 6) is -1.19. The number of alkyl halides is 3. The number of hydrogen-bond acceptors (Lipinski definition) is 5. The Balaban J connectivity index is 2.52. The van der Waals surface area contributed by atoms with Crippen molar-refractivity contribution in [1.82, 2.24) is 0 Å². The molecule has 0 spiro atoms. The van der Waals surface area contributed by atoms with Crippen LogP contribution in [0.2, 0.25) is 0 Å². The fourth-order valence-electron chi connectivity index (χ4n) is 2.82. The number of carbonyl (C=O) groups is 2. The first-order valence-electron chi connectivity index (χ1n) is 8.80. The molecule has 0 aromatic heterocycles. The number of halogens is 3. The molecule has 2 aromatic carbocycles. The lowest BCUT2D eigenvalue weighted by molar-refractivity contribution is -0.137. The van der Waals surface area contributed by atoms with E-state index in [-0.39, 0.29) is 23.7 Å². The molecule has 166 valence electrons. The maximum absolute atomic E-state index is 12.9. The minimum Gasteiger partial charge on any atom is -0.493 e. The fourth-order valence-corrected chi connectivity index (χ4v) is 2.82. The SMILES string of the molecule is COc1ccc(CN(C(=O)/C=C\C(=O)O)c2ccc(C(F)(F)F)cc2)c(OC)c1OC. The van der Waals surface area contributed by atoms with E-state index in [0.29, 0.717) is 17.4 Å². The van der Waals surface area contributed by atoms with Crippen molar-refractivity contribution in [2.24, 2.45) is 0 Å². The molecular weight excluding hydrogens is 419 g/mol. The highest BCUT2D eigenvalue weighted by Gasteiger charge is 2.30. The van der Waals surface area contributed by atoms with Gasteiger partial charge in [0.25, 0.3) is 5.91 Å². The number of ether oxygens (including phenoxy) is 3. The van der Waals surface area contributed by atoms with Gasteiger partial charge in [0.15, 0.2) is 11.5 Å². The minimum atomic E-state index is -4.54. The number of carboxylic acid groups (broad SMARTS) is 1. The first kappa shape index (κ1) is 23.6. The molecule has 31 heavy (non-hydrogen) atoms. The maximum Gasteiger partial charge on any atom is 0.416 e. The van der Waals surface area contributed by atoms with Gasteiger partial charge in [0.1, 0.15) is 0 Å². The van der Waals surface area contributed by atoms with E-state index in [1.54, 1.807) is 12.1 Å². The third-order valence-electron chi connectivity index (χ3n) is 4.26. The Morgan fingerprint density at radius 3 is 2.03 bits per heavy atom. The molecular formula is C21H20F3NO6. The van der Waals surface area contributed by atoms with Crippen molar-refractivity contribution in [3.63, 3.8) is 0 Å². The summed E-state index contributed by atoms with van der Waals surface area (Å²) in [6.45, 7) is -0.141. The average Bonchev–Trinajstić information content (AvgIpc) is 2.74. The third kappa shape index (κ3) is 5.68. The van der Waals surface area contributed by atoms with Crippen LogP contribution in [0.4, 0.5) is 18.9 Å². The van der Waals surface area contributed by atoms with E-state index < -0.39 is 23.6 Å². The van der Waals surface area contributed by atoms with Gasteiger partial charge in [-0.15, -0.1) is 0 Å². The van der Waals surface area contributed by atoms with E-state index in [1.807, 2.05) is 0 Å². The molecule has 0 saturated heterocycles. The summed E-state index contributed by atoms with van der Waals surface area (Å²) < 4.78 is 54.6. The van der Waals surface area contributed by atoms with Gasteiger partial charge in [-0.2, -0.15) is 13.2 Å². The molecule has 0 unspecified atom stereocenters. The van der Waals surface area contributed by atoms with Crippen LogP contribution in [-0.2, 0) is 22.3 Å². The molecule has 10 heteroatoms. The predicted octanol–water partition coefficient (Wildman–Crippen LogP) is 3.91. The summed E-state index contributed by atoms with van der Waals surface area (Å²) in [6.07, 6.45) is -3.08. The molecule has 2 rings (SSSR count). The van der Waals surface area contributed by atoms with Crippen molar-refractivity contribution in [3.8, 4) is 17.2 Å². The van der Waals surface area contributed by atoms with Crippen LogP contribution >= 0.6 is 0 Å². The van der Waals surface area contributed by atoms with Crippen molar-refractivity contribution in [3.05, 3.63) is 59.7 Å². The molecule has 7 nitrogen and oxygen atoms in total. The van der Waals surface area contributed by atoms with E-state index in [0.717, 1.165) is 35.2 Å². The second kappa shape index (κ2) is 9.88. The highest BCUT2D eigenvalue weighted by Crippen LogP contribution is 2.40. The van der Waals surface area contributed by atoms with Gasteiger partial charge in [0.05, 0.1) is 33.4 Å². The molecule has 0 radical (unpaired) electrons. The second-order valence-electron chi connectivity index (χ2n) is 6.13. The van der Waals surface area contributed by atoms with Crippen LogP contribution in [0, 0.1) is 0 Å². The number of carbonyl (C=O) groups excluding carboxylic acids is 1. The molecule has 0 saturated carbocycles. The number of aliphatic carboxylic acids is 1. The molecule has 0 aliphatic rings. The Bertz CT molecular complexity index is 970. The maximum atomic E-state index is 12.9. The van der Waals surface area contributed by atoms with Gasteiger partial charge in [-0.3, -0.25) is 4.79 Å². The van der Waals surface area contributed by atoms with Gasteiger partial charge in [-0.05, 0) is 36.4 Å². The summed E-state index contributed by atoms with van der Waals surface area (Å²) in [4.78, 5) is 24.6. The molecule has 0 aliphatic heterocycles. The standard InChI is InChI=1S/C21H20F3NO6/c1-29-16-9-4-13(19(30-2)20(16)31-3)12-25(17(26)10-11-18(27)28)15-7-5-14(6-8-15)21(22,23)24/h4-11H,12H2,1-3H3,(H,27,28)/b11-10-. The van der Waals surface area contributed by atoms with Crippen molar-refractivity contribution < 1.29 is 42.1 Å². The molecule has 0 fully saturated rings. The van der Waals surface area contributed by atoms with Crippen LogP contribution in [0.1, 0.15) is 11.1 Å². The number of amides is 1. The zero-order chi connectivity index (χ0) is 23.2. The molecule has 1 N–H and O–H groups in total. The molecule has 0 heterocycles. The first-order valence-corrected chi connectivity index (χ1v) is 8.80. The zero-order valence-electron chi connectivity index (χ0n) is 16.9. The van der Waals surface area contributed by atoms with Crippen molar-refractivity contribution >= 4 is 17.6 Å². The van der Waals surface area contributed by atoms with E-state index in [1.165, 1.54) is 21.3 Å². The highest BCUT2D eigenvalue weighted by molar-refractivity contribution is 6.04. The Labute approximate surface area is 176 Å². The van der Waals surface area contributed by atoms with Crippen LogP contribution in [0.3, 0.4) is 0 Å². The van der Waals surface area contributed by atoms with E-state index in [4.69, 9.17) is 19.3 Å². The molecule has 1 amide bonds. The number of carboxylic acids is 1. The Hall–Kier alpha value is -3.69. The summed E-state index contributed by atoms with van der Waals surface area (Å²) in [5, 5.41) is 8.81. The summed E-state index contributed by atoms with van der Waals surface area (Å²) in [7, 11) is 4.22. The van der Waals surface area contributed by atoms with Gasteiger partial charge in [0, 0.05) is 23.4 Å². The van der Waals surface area contributed by atoms with E-state index in [9.17, 15) is 22.8 Å². The lowest BCUT2D eigenvalue weighted by Crippen LogP contribution is -2.29. The van der Waals surface area contributed by atoms with Crippen LogP contribution in [0.15, 0.2) is 48.6 Å². The number of methoxy groups -OCH3 is 3. The number of rotatable bonds is 8. The lowest BCUT2D eigenvalue weighted by atomic mass is 10.1. The van der Waals surface area contributed by atoms with Gasteiger partial charge in [0.2, 0.25) is 5.75 Å². The number of benzene rings is 2. The highest BCUT2D eigenvalue weighted by atomic mass is 19.4. The van der Waals surface area contributed by atoms with Gasteiger partial charge in [-0.1, -0.05) is 0 Å². The van der Waals surface area contributed by atoms with Crippen molar-refractivity contribution in [1.29, 1.82) is 0 Å². The largest absolute Gasteiger partial charge is 0.493 e. The van der Waals surface area contributed by atoms with Crippen LogP contribution in [0.25, 0.3) is 0 Å². The second-order valence-corrected chi connectivity index (χ2v) is 6.13. The molecule has 0 aliphatic carbocycles. The normalized spacial score (nSPS) is 11.3. The number of anilines is 1. The molecule has 2 aromatic rings. The summed E-state index contributed by atoms with van der Waals surface area (Å²) >= 11 is 0. The minimum absolute atomic E-state index is 0.130. The van der Waals surface area contributed by atoms with Crippen molar-refractivity contribution in [2.45, 2.75) is 12.7 Å². The van der Waals surface area contributed by atoms with Gasteiger partial charge in [-0.25, -0.2) is 4.79 Å². The van der Waals surface area contributed by atoms with E-state index in [2.05, 4.69) is 0 Å². The summed E-state index contributed by atoms with van der Waals surface area (Å²) in [6, 6.07) is 7.11. The third-order valence-corrected chi connectivity index (χ3v) is 4.26. The van der Waals surface area contributed by atoms with Crippen LogP contribution in [0.5, 0.6) is 17.2 Å². The van der Waals surface area contributed by atoms with Crippen LogP contribution < -0.4 is 19.1 Å². The van der Waals surface area contributed by atoms with Gasteiger partial charge < -0.3 is 24.2 Å². The topological polar surface area (TPSA) is 85.3 Å². The predicted molar refractivity (Wildman–Crippen MR) is 106 cm³/mol. The summed E-state index contributed by atoms with van der Waals surface area (Å²) in [5.41, 5.74) is -0.296. The number of nitrogens with zero attached hydrogens (tertiary/aromatic N) is 1. The monoisotopic (exact) mass is 439 g/mol. The molecule has 0 bridgehead atoms. The van der Waals surface area contributed by atoms with Crippen LogP contribution in [-0.4, -0.2) is 38.3 Å². The quantitative estimate of drug-likeness (QED) is 0.628. The average molecular weight is 439 g/mol. The lowest BCUT2D eigenvalue weighted by Gasteiger charge is -2.24. The smallest absolute Gasteiger partial charge is 0.416 e. The number of hydrogen-bond donors (Lipinski definition) is 1. The van der Waals surface area contributed by atoms with E-state index >= 15 is 0 Å². The Morgan fingerprint density at radius 1 is 0.935 bits per heavy atom. The first-order chi connectivity index (χ1) is 14.6. The fraction of sp³-hybridized carbons (Fsp3) is 0.238. The molecule has 0 atom stereocenters.